The van der Waals surface area contributed by atoms with Crippen molar-refractivity contribution in [2.45, 2.75) is 30.3 Å². The quantitative estimate of drug-likeness (QED) is 0.0720. The van der Waals surface area contributed by atoms with E-state index < -0.39 is 78.2 Å². The van der Waals surface area contributed by atoms with E-state index in [2.05, 4.69) is 14.4 Å². The number of halogens is 4. The number of aliphatic hydroxyl groups is 1. The van der Waals surface area contributed by atoms with Crippen LogP contribution in [0.5, 0.6) is 0 Å². The molecule has 0 bridgehead atoms. The molecule has 0 aliphatic heterocycles. The predicted octanol–water partition coefficient (Wildman–Crippen LogP) is 3.79. The molecule has 1 aromatic heterocycles. The number of rotatable bonds is 8. The first-order chi connectivity index (χ1) is 18.6. The Kier molecular flexibility index (Phi) is 7.34. The summed E-state index contributed by atoms with van der Waals surface area (Å²) in [5, 5.41) is 9.90. The lowest BCUT2D eigenvalue weighted by Gasteiger charge is -2.16. The molecule has 0 aliphatic rings. The maximum absolute atomic E-state index is 14.6. The van der Waals surface area contributed by atoms with Crippen LogP contribution < -0.4 is 5.73 Å². The molecule has 0 radical (unpaired) electrons. The number of benzene rings is 3. The molecule has 0 saturated carbocycles. The highest BCUT2D eigenvalue weighted by molar-refractivity contribution is 7.90. The monoisotopic (exact) mass is 576 g/mol. The Morgan fingerprint density at radius 2 is 1.60 bits per heavy atom. The van der Waals surface area contributed by atoms with Crippen LogP contribution in [0.4, 0.5) is 17.6 Å². The summed E-state index contributed by atoms with van der Waals surface area (Å²) in [5.74, 6) is -11.5. The van der Waals surface area contributed by atoms with Crippen molar-refractivity contribution in [1.29, 1.82) is 0 Å². The van der Waals surface area contributed by atoms with E-state index in [-0.39, 0.29) is 18.0 Å². The number of amidine groups is 1. The summed E-state index contributed by atoms with van der Waals surface area (Å²) in [7, 11) is -4.91. The van der Waals surface area contributed by atoms with E-state index in [0.717, 1.165) is 19.9 Å². The Bertz CT molecular complexity index is 1780. The molecule has 4 aromatic rings. The van der Waals surface area contributed by atoms with Gasteiger partial charge in [0.25, 0.3) is 10.0 Å². The zero-order chi connectivity index (χ0) is 29.6. The average molecular weight is 577 g/mol. The zero-order valence-corrected chi connectivity index (χ0v) is 21.6. The Hall–Kier alpha value is -4.43. The normalized spacial score (nSPS) is 13.4. The summed E-state index contributed by atoms with van der Waals surface area (Å²) >= 11 is 0. The number of hydrogen-bond acceptors (Lipinski definition) is 6. The zero-order valence-electron chi connectivity index (χ0n) is 20.7. The number of aromatic nitrogens is 2. The Balaban J connectivity index is 1.88. The van der Waals surface area contributed by atoms with Gasteiger partial charge in [-0.05, 0) is 50.2 Å². The molecule has 1 heterocycles. The molecule has 0 aliphatic carbocycles. The minimum atomic E-state index is -4.91. The van der Waals surface area contributed by atoms with Gasteiger partial charge >= 0.3 is 0 Å². The number of ketones is 2. The number of fused-ring (bicyclic) bond motifs is 1. The SMILES string of the molecule is CC(C)(O)C(N)=NS(=O)(=O)c1cc(C(=O)C(C(=O)c2cc(F)c(F)cc2F)c2nc3ccccc3[nH]2)ccc1F. The number of nitrogens with zero attached hydrogens (tertiary/aromatic N) is 2. The molecule has 0 fully saturated rings. The number of nitrogens with two attached hydrogens (primary N) is 1. The van der Waals surface area contributed by atoms with Crippen molar-refractivity contribution in [1.82, 2.24) is 9.97 Å². The summed E-state index contributed by atoms with van der Waals surface area (Å²) in [6.45, 7) is 2.28. The summed E-state index contributed by atoms with van der Waals surface area (Å²) in [5.41, 5.74) is 2.77. The van der Waals surface area contributed by atoms with Gasteiger partial charge in [-0.3, -0.25) is 9.59 Å². The lowest BCUT2D eigenvalue weighted by Crippen LogP contribution is -2.38. The third-order valence-electron chi connectivity index (χ3n) is 5.82. The third-order valence-corrected chi connectivity index (χ3v) is 7.13. The Morgan fingerprint density at radius 1 is 0.950 bits per heavy atom. The van der Waals surface area contributed by atoms with Crippen LogP contribution in [-0.2, 0) is 10.0 Å². The summed E-state index contributed by atoms with van der Waals surface area (Å²) in [6.07, 6.45) is 0. The van der Waals surface area contributed by atoms with Crippen molar-refractivity contribution >= 4 is 38.5 Å². The molecule has 4 rings (SSSR count). The molecule has 1 atom stereocenters. The average Bonchev–Trinajstić information content (AvgIpc) is 3.29. The number of para-hydroxylation sites is 2. The first-order valence-electron chi connectivity index (χ1n) is 11.4. The van der Waals surface area contributed by atoms with Crippen molar-refractivity contribution in [3.05, 3.63) is 94.8 Å². The van der Waals surface area contributed by atoms with Crippen LogP contribution in [0.15, 0.2) is 63.9 Å². The smallest absolute Gasteiger partial charge is 0.286 e. The van der Waals surface area contributed by atoms with Crippen LogP contribution in [0.2, 0.25) is 0 Å². The van der Waals surface area contributed by atoms with Crippen LogP contribution in [-0.4, -0.2) is 46.5 Å². The second kappa shape index (κ2) is 10.3. The van der Waals surface area contributed by atoms with Crippen LogP contribution in [0.25, 0.3) is 11.0 Å². The van der Waals surface area contributed by atoms with Gasteiger partial charge in [-0.1, -0.05) is 12.1 Å². The number of Topliss-reactive ketones (excluding diaryl/α,β-unsaturated/α-hetero) is 2. The van der Waals surface area contributed by atoms with E-state index in [9.17, 15) is 40.7 Å². The van der Waals surface area contributed by atoms with Crippen molar-refractivity contribution < 1.29 is 40.7 Å². The van der Waals surface area contributed by atoms with Crippen molar-refractivity contribution in [3.63, 3.8) is 0 Å². The first kappa shape index (κ1) is 28.6. The summed E-state index contributed by atoms with van der Waals surface area (Å²) < 4.78 is 85.4. The number of H-pyrrole nitrogens is 1. The van der Waals surface area contributed by atoms with Crippen LogP contribution in [0.3, 0.4) is 0 Å². The van der Waals surface area contributed by atoms with E-state index in [1.165, 1.54) is 6.07 Å². The minimum absolute atomic E-state index is 0.135. The molecule has 3 aromatic carbocycles. The molecule has 0 saturated heterocycles. The van der Waals surface area contributed by atoms with Crippen molar-refractivity contribution in [3.8, 4) is 0 Å². The lowest BCUT2D eigenvalue weighted by atomic mass is 9.89. The van der Waals surface area contributed by atoms with Gasteiger partial charge in [0.15, 0.2) is 23.2 Å². The molecular formula is C26H20F4N4O5S. The van der Waals surface area contributed by atoms with E-state index in [0.29, 0.717) is 23.2 Å². The lowest BCUT2D eigenvalue weighted by molar-refractivity contribution is 0.0853. The topological polar surface area (TPSA) is 156 Å². The largest absolute Gasteiger partial charge is 0.384 e. The molecule has 1 unspecified atom stereocenters. The van der Waals surface area contributed by atoms with E-state index >= 15 is 0 Å². The fourth-order valence-corrected chi connectivity index (χ4v) is 4.83. The summed E-state index contributed by atoms with van der Waals surface area (Å²) in [6, 6.07) is 8.81. The Morgan fingerprint density at radius 3 is 2.25 bits per heavy atom. The summed E-state index contributed by atoms with van der Waals surface area (Å²) in [4.78, 5) is 33.0. The highest BCUT2D eigenvalue weighted by atomic mass is 32.2. The van der Waals surface area contributed by atoms with Crippen LogP contribution in [0.1, 0.15) is 46.3 Å². The highest BCUT2D eigenvalue weighted by Gasteiger charge is 2.36. The standard InChI is InChI=1S/C26H20F4N4O5S/c1-26(2,37)25(31)34-40(38,39)20-9-12(7-8-14(20)27)22(35)21(24-32-18-5-3-4-6-19(18)33-24)23(36)13-10-16(29)17(30)11-15(13)28/h3-11,21,37H,1-2H3,(H2,31,34)(H,32,33). The van der Waals surface area contributed by atoms with Gasteiger partial charge in [-0.25, -0.2) is 22.5 Å². The van der Waals surface area contributed by atoms with Crippen LogP contribution >= 0.6 is 0 Å². The highest BCUT2D eigenvalue weighted by Crippen LogP contribution is 2.29. The van der Waals surface area contributed by atoms with Gasteiger partial charge in [-0.2, -0.15) is 8.42 Å². The fourth-order valence-electron chi connectivity index (χ4n) is 3.65. The van der Waals surface area contributed by atoms with Crippen molar-refractivity contribution in [2.24, 2.45) is 10.1 Å². The van der Waals surface area contributed by atoms with Gasteiger partial charge in [0, 0.05) is 11.6 Å². The molecule has 0 amide bonds. The van der Waals surface area contributed by atoms with E-state index in [1.54, 1.807) is 18.2 Å². The number of aromatic amines is 1. The number of carbonyl (C=O) groups excluding carboxylic acids is 2. The number of carbonyl (C=O) groups is 2. The molecule has 40 heavy (non-hydrogen) atoms. The first-order valence-corrected chi connectivity index (χ1v) is 12.8. The van der Waals surface area contributed by atoms with Crippen LogP contribution in [0, 0.1) is 23.3 Å². The van der Waals surface area contributed by atoms with Gasteiger partial charge in [-0.15, -0.1) is 4.40 Å². The minimum Gasteiger partial charge on any atom is -0.384 e. The second-order valence-corrected chi connectivity index (χ2v) is 10.8. The number of hydrogen-bond donors (Lipinski definition) is 3. The van der Waals surface area contributed by atoms with Gasteiger partial charge in [0.05, 0.1) is 16.6 Å². The number of sulfonamides is 1. The molecule has 14 heteroatoms. The molecule has 0 spiro atoms. The molecule has 9 nitrogen and oxygen atoms in total. The Labute approximate surface area is 224 Å². The van der Waals surface area contributed by atoms with Gasteiger partial charge in [0.1, 0.15) is 39.7 Å². The fraction of sp³-hybridized carbons (Fsp3) is 0.154. The number of nitrogens with one attached hydrogen (secondary N) is 1. The predicted molar refractivity (Wildman–Crippen MR) is 135 cm³/mol. The number of imidazole rings is 1. The maximum atomic E-state index is 14.6. The van der Waals surface area contributed by atoms with Gasteiger partial charge < -0.3 is 15.8 Å². The van der Waals surface area contributed by atoms with Gasteiger partial charge in [0.2, 0.25) is 0 Å². The van der Waals surface area contributed by atoms with E-state index in [1.807, 2.05) is 0 Å². The maximum Gasteiger partial charge on any atom is 0.286 e. The molecule has 208 valence electrons. The van der Waals surface area contributed by atoms with E-state index in [4.69, 9.17) is 5.73 Å². The molecular weight excluding hydrogens is 556 g/mol. The molecule has 4 N–H and O–H groups in total. The van der Waals surface area contributed by atoms with Crippen molar-refractivity contribution in [2.75, 3.05) is 0 Å². The second-order valence-electron chi connectivity index (χ2n) is 9.20. The third kappa shape index (κ3) is 5.49.